The Morgan fingerprint density at radius 2 is 2.14 bits per heavy atom. The molecule has 2 aromatic heterocycles. The average Bonchev–Trinajstić information content (AvgIpc) is 2.94. The standard InChI is InChI=1S/C15H16ClIN4/c1-9(16)15-19-13-6-12(17)4-5-14(13)21(15)8-11-7-18-20(3)10(11)2/h4-7,9H,8H2,1-3H3. The van der Waals surface area contributed by atoms with Crippen LogP contribution in [0, 0.1) is 10.5 Å². The van der Waals surface area contributed by atoms with Crippen LogP contribution < -0.4 is 0 Å². The molecule has 0 bridgehead atoms. The number of hydrogen-bond donors (Lipinski definition) is 0. The maximum Gasteiger partial charge on any atom is 0.128 e. The molecular weight excluding hydrogens is 399 g/mol. The Kier molecular flexibility index (Phi) is 3.96. The topological polar surface area (TPSA) is 35.6 Å². The van der Waals surface area contributed by atoms with Gasteiger partial charge in [-0.15, -0.1) is 11.6 Å². The van der Waals surface area contributed by atoms with Crippen LogP contribution in [0.3, 0.4) is 0 Å². The SMILES string of the molecule is Cc1c(Cn2c(C(C)Cl)nc3cc(I)ccc32)cnn1C. The molecule has 2 heterocycles. The van der Waals surface area contributed by atoms with Crippen LogP contribution in [0.25, 0.3) is 11.0 Å². The number of fused-ring (bicyclic) bond motifs is 1. The van der Waals surface area contributed by atoms with E-state index in [9.17, 15) is 0 Å². The summed E-state index contributed by atoms with van der Waals surface area (Å²) in [6.07, 6.45) is 1.91. The van der Waals surface area contributed by atoms with Crippen LogP contribution >= 0.6 is 34.2 Å². The van der Waals surface area contributed by atoms with Crippen LogP contribution in [0.4, 0.5) is 0 Å². The van der Waals surface area contributed by atoms with Gasteiger partial charge in [0.25, 0.3) is 0 Å². The van der Waals surface area contributed by atoms with Gasteiger partial charge in [0.2, 0.25) is 0 Å². The lowest BCUT2D eigenvalue weighted by atomic mass is 10.2. The normalized spacial score (nSPS) is 13.0. The van der Waals surface area contributed by atoms with Crippen molar-refractivity contribution in [3.8, 4) is 0 Å². The van der Waals surface area contributed by atoms with Crippen molar-refractivity contribution in [1.82, 2.24) is 19.3 Å². The smallest absolute Gasteiger partial charge is 0.128 e. The van der Waals surface area contributed by atoms with E-state index in [0.717, 1.165) is 29.1 Å². The molecule has 21 heavy (non-hydrogen) atoms. The lowest BCUT2D eigenvalue weighted by molar-refractivity contribution is 0.720. The fourth-order valence-electron chi connectivity index (χ4n) is 2.46. The number of benzene rings is 1. The monoisotopic (exact) mass is 414 g/mol. The number of nitrogens with zero attached hydrogens (tertiary/aromatic N) is 4. The highest BCUT2D eigenvalue weighted by atomic mass is 127. The van der Waals surface area contributed by atoms with Crippen molar-refractivity contribution in [3.05, 3.63) is 45.0 Å². The van der Waals surface area contributed by atoms with Crippen molar-refractivity contribution < 1.29 is 0 Å². The van der Waals surface area contributed by atoms with E-state index in [4.69, 9.17) is 16.6 Å². The van der Waals surface area contributed by atoms with Crippen LogP contribution in [-0.4, -0.2) is 19.3 Å². The van der Waals surface area contributed by atoms with E-state index in [0.29, 0.717) is 0 Å². The molecule has 0 saturated heterocycles. The number of alkyl halides is 1. The average molecular weight is 415 g/mol. The molecule has 3 rings (SSSR count). The summed E-state index contributed by atoms with van der Waals surface area (Å²) >= 11 is 8.63. The Hall–Kier alpha value is -1.08. The van der Waals surface area contributed by atoms with Crippen LogP contribution in [-0.2, 0) is 13.6 Å². The van der Waals surface area contributed by atoms with Crippen molar-refractivity contribution in [2.45, 2.75) is 25.8 Å². The Labute approximate surface area is 142 Å². The lowest BCUT2D eigenvalue weighted by Crippen LogP contribution is -2.06. The van der Waals surface area contributed by atoms with Gasteiger partial charge in [-0.05, 0) is 54.6 Å². The molecule has 0 amide bonds. The van der Waals surface area contributed by atoms with E-state index in [2.05, 4.69) is 57.4 Å². The molecular formula is C15H16ClIN4. The van der Waals surface area contributed by atoms with Crippen molar-refractivity contribution in [1.29, 1.82) is 0 Å². The van der Waals surface area contributed by atoms with Gasteiger partial charge in [-0.3, -0.25) is 4.68 Å². The lowest BCUT2D eigenvalue weighted by Gasteiger charge is -2.10. The summed E-state index contributed by atoms with van der Waals surface area (Å²) < 4.78 is 5.25. The highest BCUT2D eigenvalue weighted by Gasteiger charge is 2.16. The minimum absolute atomic E-state index is 0.132. The summed E-state index contributed by atoms with van der Waals surface area (Å²) in [7, 11) is 1.96. The van der Waals surface area contributed by atoms with Gasteiger partial charge in [0, 0.05) is 21.9 Å². The van der Waals surface area contributed by atoms with E-state index < -0.39 is 0 Å². The fraction of sp³-hybridized carbons (Fsp3) is 0.333. The van der Waals surface area contributed by atoms with Gasteiger partial charge in [-0.25, -0.2) is 4.98 Å². The van der Waals surface area contributed by atoms with E-state index in [-0.39, 0.29) is 5.38 Å². The van der Waals surface area contributed by atoms with Crippen molar-refractivity contribution in [2.24, 2.45) is 7.05 Å². The second-order valence-corrected chi connectivity index (χ2v) is 7.08. The first-order chi connectivity index (χ1) is 9.97. The molecule has 1 atom stereocenters. The van der Waals surface area contributed by atoms with Crippen LogP contribution in [0.2, 0.25) is 0 Å². The molecule has 0 aliphatic carbocycles. The summed E-state index contributed by atoms with van der Waals surface area (Å²) in [6, 6.07) is 6.30. The summed E-state index contributed by atoms with van der Waals surface area (Å²) in [4.78, 5) is 4.70. The Morgan fingerprint density at radius 3 is 2.76 bits per heavy atom. The predicted molar refractivity (Wildman–Crippen MR) is 93.8 cm³/mol. The molecule has 1 unspecified atom stereocenters. The van der Waals surface area contributed by atoms with Crippen molar-refractivity contribution in [2.75, 3.05) is 0 Å². The molecule has 0 spiro atoms. The van der Waals surface area contributed by atoms with Gasteiger partial charge >= 0.3 is 0 Å². The third-order valence-corrected chi connectivity index (χ3v) is 4.63. The number of rotatable bonds is 3. The van der Waals surface area contributed by atoms with Crippen molar-refractivity contribution in [3.63, 3.8) is 0 Å². The Balaban J connectivity index is 2.15. The number of hydrogen-bond acceptors (Lipinski definition) is 2. The highest BCUT2D eigenvalue weighted by molar-refractivity contribution is 14.1. The summed E-state index contributed by atoms with van der Waals surface area (Å²) in [6.45, 7) is 4.78. The first-order valence-corrected chi connectivity index (χ1v) is 8.26. The van der Waals surface area contributed by atoms with Gasteiger partial charge in [-0.2, -0.15) is 5.10 Å². The maximum atomic E-state index is 6.32. The molecule has 1 aromatic carbocycles. The Bertz CT molecular complexity index is 803. The third-order valence-electron chi connectivity index (χ3n) is 3.76. The second-order valence-electron chi connectivity index (χ2n) is 5.18. The zero-order valence-corrected chi connectivity index (χ0v) is 15.1. The Morgan fingerprint density at radius 1 is 1.38 bits per heavy atom. The predicted octanol–water partition coefficient (Wildman–Crippen LogP) is 4.03. The molecule has 0 fully saturated rings. The van der Waals surface area contributed by atoms with Crippen LogP contribution in [0.15, 0.2) is 24.4 Å². The molecule has 4 nitrogen and oxygen atoms in total. The third kappa shape index (κ3) is 2.68. The number of aromatic nitrogens is 4. The number of halogens is 2. The molecule has 0 saturated carbocycles. The van der Waals surface area contributed by atoms with Crippen LogP contribution in [0.1, 0.15) is 29.4 Å². The van der Waals surface area contributed by atoms with Gasteiger partial charge in [-0.1, -0.05) is 0 Å². The molecule has 0 aliphatic rings. The first-order valence-electron chi connectivity index (χ1n) is 6.74. The summed E-state index contributed by atoms with van der Waals surface area (Å²) in [5.74, 6) is 0.900. The minimum atomic E-state index is -0.132. The number of aryl methyl sites for hydroxylation is 1. The van der Waals surface area contributed by atoms with Gasteiger partial charge < -0.3 is 4.57 Å². The van der Waals surface area contributed by atoms with Crippen molar-refractivity contribution >= 4 is 45.2 Å². The highest BCUT2D eigenvalue weighted by Crippen LogP contribution is 2.27. The molecule has 0 aliphatic heterocycles. The van der Waals surface area contributed by atoms with E-state index in [1.54, 1.807) is 0 Å². The molecule has 3 aromatic rings. The molecule has 0 radical (unpaired) electrons. The summed E-state index contributed by atoms with van der Waals surface area (Å²) in [5.41, 5.74) is 4.46. The minimum Gasteiger partial charge on any atom is -0.322 e. The summed E-state index contributed by atoms with van der Waals surface area (Å²) in [5, 5.41) is 4.18. The molecule has 110 valence electrons. The number of imidazole rings is 1. The zero-order chi connectivity index (χ0) is 15.1. The maximum absolute atomic E-state index is 6.32. The molecule has 0 N–H and O–H groups in total. The molecule has 6 heteroatoms. The quantitative estimate of drug-likeness (QED) is 0.479. The van der Waals surface area contributed by atoms with E-state index in [1.807, 2.05) is 24.9 Å². The second kappa shape index (κ2) is 5.61. The fourth-order valence-corrected chi connectivity index (χ4v) is 3.10. The van der Waals surface area contributed by atoms with Gasteiger partial charge in [0.05, 0.1) is 29.2 Å². The van der Waals surface area contributed by atoms with Crippen LogP contribution in [0.5, 0.6) is 0 Å². The zero-order valence-electron chi connectivity index (χ0n) is 12.1. The first kappa shape index (κ1) is 14.8. The van der Waals surface area contributed by atoms with Gasteiger partial charge in [0.1, 0.15) is 5.82 Å². The largest absolute Gasteiger partial charge is 0.322 e. The van der Waals surface area contributed by atoms with E-state index in [1.165, 1.54) is 9.13 Å². The van der Waals surface area contributed by atoms with Gasteiger partial charge in [0.15, 0.2) is 0 Å². The van der Waals surface area contributed by atoms with E-state index >= 15 is 0 Å².